The molecule has 0 unspecified atom stereocenters. The van der Waals surface area contributed by atoms with Crippen LogP contribution in [0.1, 0.15) is 97.8 Å². The second-order valence-corrected chi connectivity index (χ2v) is 14.0. The lowest BCUT2D eigenvalue weighted by Crippen LogP contribution is -2.59. The van der Waals surface area contributed by atoms with Crippen LogP contribution in [-0.2, 0) is 28.5 Å². The van der Waals surface area contributed by atoms with Crippen LogP contribution in [0.4, 0.5) is 0 Å². The molecule has 0 aromatic carbocycles. The molecule has 0 radical (unpaired) electrons. The first-order chi connectivity index (χ1) is 18.1. The fourth-order valence-corrected chi connectivity index (χ4v) is 9.31. The van der Waals surface area contributed by atoms with E-state index >= 15 is 0 Å². The van der Waals surface area contributed by atoms with E-state index in [4.69, 9.17) is 18.9 Å². The van der Waals surface area contributed by atoms with Gasteiger partial charge in [-0.2, -0.15) is 0 Å². The predicted molar refractivity (Wildman–Crippen MR) is 142 cm³/mol. The molecular weight excluding hydrogens is 482 g/mol. The van der Waals surface area contributed by atoms with Crippen molar-refractivity contribution in [2.45, 2.75) is 133 Å². The predicted octanol–water partition coefficient (Wildman–Crippen LogP) is 4.86. The van der Waals surface area contributed by atoms with Crippen LogP contribution in [0.15, 0.2) is 11.6 Å². The molecule has 7 heteroatoms. The second-order valence-electron chi connectivity index (χ2n) is 14.0. The Balaban J connectivity index is 0.997. The molecule has 1 spiro atoms. The molecule has 38 heavy (non-hydrogen) atoms. The largest absolute Gasteiger partial charge is 0.460 e. The molecule has 7 fully saturated rings. The molecule has 0 aromatic heterocycles. The topological polar surface area (TPSA) is 89.7 Å². The van der Waals surface area contributed by atoms with Gasteiger partial charge in [0.05, 0.1) is 18.6 Å². The van der Waals surface area contributed by atoms with Crippen LogP contribution in [0, 0.1) is 23.7 Å². The zero-order valence-electron chi connectivity index (χ0n) is 23.8. The standard InChI is InChI=1S/C31H47NO6/c1-19(2)8-9-24-29(3,38-24)28-27(35-4)23(10-11-31(28)18-36-31)37-26(34)7-5-6-25(33)32-30-15-20-12-21(16-30)14-22(13-20)17-30/h8,20-24,27-28H,5-7,9-18H2,1-4H3,(H,32,33)/t20?,21?,22?,23-,24-,27-,28-,29+,30?,31+/m1/s1. The molecule has 1 N–H and O–H groups in total. The smallest absolute Gasteiger partial charge is 0.306 e. The molecule has 5 aliphatic carbocycles. The van der Waals surface area contributed by atoms with Crippen LogP contribution < -0.4 is 5.32 Å². The van der Waals surface area contributed by atoms with Crippen molar-refractivity contribution < 1.29 is 28.5 Å². The summed E-state index contributed by atoms with van der Waals surface area (Å²) in [5.41, 5.74) is 0.739. The highest BCUT2D eigenvalue weighted by Gasteiger charge is 2.72. The second kappa shape index (κ2) is 9.88. The lowest BCUT2D eigenvalue weighted by molar-refractivity contribution is -0.172. The zero-order chi connectivity index (χ0) is 26.7. The average molecular weight is 530 g/mol. The number of hydrogen-bond acceptors (Lipinski definition) is 6. The number of nitrogens with one attached hydrogen (secondary N) is 1. The van der Waals surface area contributed by atoms with Crippen LogP contribution in [-0.4, -0.2) is 60.6 Å². The fraction of sp³-hybridized carbons (Fsp3) is 0.871. The van der Waals surface area contributed by atoms with Crippen molar-refractivity contribution in [3.63, 3.8) is 0 Å². The van der Waals surface area contributed by atoms with E-state index < -0.39 is 0 Å². The first-order valence-electron chi connectivity index (χ1n) is 15.1. The highest BCUT2D eigenvalue weighted by Crippen LogP contribution is 2.60. The molecule has 7 aliphatic rings. The monoisotopic (exact) mass is 529 g/mol. The van der Waals surface area contributed by atoms with Gasteiger partial charge in [0.25, 0.3) is 0 Å². The van der Waals surface area contributed by atoms with Gasteiger partial charge >= 0.3 is 5.97 Å². The van der Waals surface area contributed by atoms with Crippen LogP contribution >= 0.6 is 0 Å². The third-order valence-electron chi connectivity index (χ3n) is 10.7. The zero-order valence-corrected chi connectivity index (χ0v) is 23.8. The van der Waals surface area contributed by atoms with E-state index in [0.717, 1.165) is 56.3 Å². The van der Waals surface area contributed by atoms with Crippen molar-refractivity contribution in [2.24, 2.45) is 23.7 Å². The minimum Gasteiger partial charge on any atom is -0.460 e. The Morgan fingerprint density at radius 2 is 1.71 bits per heavy atom. The maximum Gasteiger partial charge on any atom is 0.306 e. The Bertz CT molecular complexity index is 932. The summed E-state index contributed by atoms with van der Waals surface area (Å²) in [4.78, 5) is 25.7. The molecule has 5 saturated carbocycles. The van der Waals surface area contributed by atoms with Gasteiger partial charge in [-0.1, -0.05) is 11.6 Å². The third kappa shape index (κ3) is 5.08. The summed E-state index contributed by atoms with van der Waals surface area (Å²) in [5.74, 6) is 2.28. The van der Waals surface area contributed by atoms with Crippen molar-refractivity contribution >= 4 is 11.9 Å². The molecule has 0 aromatic rings. The van der Waals surface area contributed by atoms with E-state index in [2.05, 4.69) is 32.2 Å². The first-order valence-corrected chi connectivity index (χ1v) is 15.1. The number of allylic oxidation sites excluding steroid dienone is 1. The van der Waals surface area contributed by atoms with E-state index in [1.54, 1.807) is 7.11 Å². The molecule has 2 heterocycles. The first kappa shape index (κ1) is 26.8. The number of methoxy groups -OCH3 is 1. The van der Waals surface area contributed by atoms with Crippen LogP contribution in [0.5, 0.6) is 0 Å². The van der Waals surface area contributed by atoms with Crippen LogP contribution in [0.25, 0.3) is 0 Å². The minimum atomic E-state index is -0.344. The summed E-state index contributed by atoms with van der Waals surface area (Å²) in [6.45, 7) is 7.08. The molecule has 6 atom stereocenters. The summed E-state index contributed by atoms with van der Waals surface area (Å²) < 4.78 is 24.3. The Hall–Kier alpha value is -1.44. The number of carbonyl (C=O) groups excluding carboxylic acids is 2. The van der Waals surface area contributed by atoms with Crippen LogP contribution in [0.2, 0.25) is 0 Å². The number of ether oxygens (including phenoxy) is 4. The third-order valence-corrected chi connectivity index (χ3v) is 10.7. The van der Waals surface area contributed by atoms with Gasteiger partial charge in [0.15, 0.2) is 0 Å². The maximum atomic E-state index is 12.9. The van der Waals surface area contributed by atoms with Crippen LogP contribution in [0.3, 0.4) is 0 Å². The lowest BCUT2D eigenvalue weighted by Gasteiger charge is -2.56. The summed E-state index contributed by atoms with van der Waals surface area (Å²) in [6.07, 6.45) is 12.9. The summed E-state index contributed by atoms with van der Waals surface area (Å²) >= 11 is 0. The van der Waals surface area contributed by atoms with E-state index in [9.17, 15) is 9.59 Å². The minimum absolute atomic E-state index is 0.0215. The SMILES string of the molecule is CO[C@@H]1[C@H](OC(=O)CCCC(=O)NC23CC4CC(CC(C4)C2)C3)CC[C@]2(CO2)[C@H]1[C@@]1(C)O[C@@H]1CC=C(C)C. The highest BCUT2D eigenvalue weighted by molar-refractivity contribution is 5.78. The number of hydrogen-bond donors (Lipinski definition) is 1. The van der Waals surface area contributed by atoms with Crippen molar-refractivity contribution in [1.29, 1.82) is 0 Å². The number of epoxide rings is 2. The number of carbonyl (C=O) groups is 2. The van der Waals surface area contributed by atoms with Crippen molar-refractivity contribution in [3.8, 4) is 0 Å². The van der Waals surface area contributed by atoms with E-state index in [0.29, 0.717) is 19.4 Å². The Labute approximate surface area is 227 Å². The molecular formula is C31H47NO6. The Morgan fingerprint density at radius 3 is 2.29 bits per heavy atom. The van der Waals surface area contributed by atoms with Crippen molar-refractivity contribution in [2.75, 3.05) is 13.7 Å². The van der Waals surface area contributed by atoms with Gasteiger partial charge < -0.3 is 24.3 Å². The van der Waals surface area contributed by atoms with E-state index in [-0.39, 0.29) is 59.3 Å². The van der Waals surface area contributed by atoms with Crippen molar-refractivity contribution in [1.82, 2.24) is 5.32 Å². The molecule has 212 valence electrons. The van der Waals surface area contributed by atoms with Gasteiger partial charge in [-0.15, -0.1) is 0 Å². The highest BCUT2D eigenvalue weighted by atomic mass is 16.6. The van der Waals surface area contributed by atoms with Gasteiger partial charge in [0.2, 0.25) is 5.91 Å². The molecule has 7 rings (SSSR count). The number of amides is 1. The molecule has 2 aliphatic heterocycles. The van der Waals surface area contributed by atoms with E-state index in [1.807, 2.05) is 0 Å². The number of esters is 1. The van der Waals surface area contributed by atoms with Gasteiger partial charge in [-0.25, -0.2) is 0 Å². The summed E-state index contributed by atoms with van der Waals surface area (Å²) in [5, 5.41) is 3.42. The number of rotatable bonds is 10. The maximum absolute atomic E-state index is 12.9. The summed E-state index contributed by atoms with van der Waals surface area (Å²) in [7, 11) is 1.70. The van der Waals surface area contributed by atoms with Gasteiger partial charge in [-0.05, 0) is 103 Å². The van der Waals surface area contributed by atoms with Gasteiger partial charge in [0, 0.05) is 25.5 Å². The Kier molecular flexibility index (Phi) is 6.96. The summed E-state index contributed by atoms with van der Waals surface area (Å²) in [6, 6.07) is 0. The fourth-order valence-electron chi connectivity index (χ4n) is 9.31. The molecule has 1 amide bonds. The molecule has 4 bridgehead atoms. The quantitative estimate of drug-likeness (QED) is 0.247. The normalized spacial score (nSPS) is 46.1. The van der Waals surface area contributed by atoms with Gasteiger partial charge in [0.1, 0.15) is 23.4 Å². The molecule has 2 saturated heterocycles. The molecule has 7 nitrogen and oxygen atoms in total. The average Bonchev–Trinajstić information content (AvgIpc) is 3.74. The van der Waals surface area contributed by atoms with Gasteiger partial charge in [-0.3, -0.25) is 9.59 Å². The van der Waals surface area contributed by atoms with Crippen molar-refractivity contribution in [3.05, 3.63) is 11.6 Å². The lowest BCUT2D eigenvalue weighted by atomic mass is 9.53. The Morgan fingerprint density at radius 1 is 1.05 bits per heavy atom. The van der Waals surface area contributed by atoms with E-state index in [1.165, 1.54) is 24.8 Å².